The minimum Gasteiger partial charge on any atom is -0.471 e. The molecule has 4 nitrogen and oxygen atoms in total. The van der Waals surface area contributed by atoms with Crippen LogP contribution in [0.4, 0.5) is 0 Å². The number of rotatable bonds is 2. The Balaban J connectivity index is 0.00000108. The van der Waals surface area contributed by atoms with Crippen molar-refractivity contribution >= 4 is 0 Å². The van der Waals surface area contributed by atoms with E-state index < -0.39 is 0 Å². The van der Waals surface area contributed by atoms with Crippen molar-refractivity contribution in [3.8, 4) is 16.8 Å². The summed E-state index contributed by atoms with van der Waals surface area (Å²) in [4.78, 5) is 0. The molecule has 0 fully saturated rings. The van der Waals surface area contributed by atoms with E-state index in [1.54, 1.807) is 10.9 Å². The summed E-state index contributed by atoms with van der Waals surface area (Å²) in [6.45, 7) is 0. The van der Waals surface area contributed by atoms with Crippen LogP contribution in [0.15, 0.2) is 53.5 Å². The average molecular weight is 402 g/mol. The predicted molar refractivity (Wildman–Crippen MR) is 57.9 cm³/mol. The molecule has 3 aromatic rings. The fourth-order valence-electron chi connectivity index (χ4n) is 1.52. The molecule has 87 valence electrons. The Morgan fingerprint density at radius 1 is 1.12 bits per heavy atom. The standard InChI is InChI=1S/C12H8N3O.Ir/c1-2-4-10(5-3-1)11-6-13-15(8-11)12-7-14-16-9-12;/h1-6,8-9H;/q-1;. The summed E-state index contributed by atoms with van der Waals surface area (Å²) in [5.74, 6) is 0. The van der Waals surface area contributed by atoms with E-state index in [9.17, 15) is 0 Å². The third-order valence-electron chi connectivity index (χ3n) is 2.31. The molecule has 5 heteroatoms. The minimum atomic E-state index is 0. The normalized spacial score (nSPS) is 9.88. The van der Waals surface area contributed by atoms with Crippen LogP contribution in [0.3, 0.4) is 0 Å². The van der Waals surface area contributed by atoms with E-state index in [0.29, 0.717) is 5.69 Å². The monoisotopic (exact) mass is 403 g/mol. The molecule has 0 aliphatic heterocycles. The van der Waals surface area contributed by atoms with Crippen LogP contribution in [0.5, 0.6) is 0 Å². The van der Waals surface area contributed by atoms with Gasteiger partial charge in [-0.1, -0.05) is 36.5 Å². The maximum absolute atomic E-state index is 4.72. The van der Waals surface area contributed by atoms with Crippen molar-refractivity contribution in [1.82, 2.24) is 14.9 Å². The zero-order valence-corrected chi connectivity index (χ0v) is 11.1. The fraction of sp³-hybridized carbons (Fsp3) is 0. The zero-order chi connectivity index (χ0) is 10.8. The average Bonchev–Trinajstić information content (AvgIpc) is 3.01. The topological polar surface area (TPSA) is 43.9 Å². The Morgan fingerprint density at radius 2 is 1.94 bits per heavy atom. The molecule has 0 unspecified atom stereocenters. The van der Waals surface area contributed by atoms with E-state index in [4.69, 9.17) is 4.52 Å². The first-order valence-corrected chi connectivity index (χ1v) is 4.86. The first kappa shape index (κ1) is 11.8. The maximum atomic E-state index is 4.72. The molecule has 0 atom stereocenters. The molecule has 1 radical (unpaired) electrons. The fourth-order valence-corrected chi connectivity index (χ4v) is 1.52. The molecular weight excluding hydrogens is 394 g/mol. The quantitative estimate of drug-likeness (QED) is 0.618. The van der Waals surface area contributed by atoms with Crippen molar-refractivity contribution in [3.05, 3.63) is 55.2 Å². The van der Waals surface area contributed by atoms with Crippen LogP contribution in [0, 0.1) is 6.20 Å². The first-order chi connectivity index (χ1) is 7.93. The molecular formula is C12H8IrN3O-. The molecule has 3 rings (SSSR count). The SMILES string of the molecule is [Ir].[c-]1nocc1-n1cc(-c2ccccc2)cn1. The van der Waals surface area contributed by atoms with E-state index in [1.165, 1.54) is 6.26 Å². The first-order valence-electron chi connectivity index (χ1n) is 4.86. The van der Waals surface area contributed by atoms with E-state index in [0.717, 1.165) is 11.1 Å². The molecule has 2 heterocycles. The van der Waals surface area contributed by atoms with E-state index >= 15 is 0 Å². The van der Waals surface area contributed by atoms with Crippen molar-refractivity contribution in [3.63, 3.8) is 0 Å². The van der Waals surface area contributed by atoms with Crippen molar-refractivity contribution in [2.45, 2.75) is 0 Å². The van der Waals surface area contributed by atoms with Gasteiger partial charge in [0.25, 0.3) is 0 Å². The van der Waals surface area contributed by atoms with Crippen LogP contribution < -0.4 is 0 Å². The van der Waals surface area contributed by atoms with Crippen LogP contribution >= 0.6 is 0 Å². The third kappa shape index (κ3) is 2.35. The maximum Gasteiger partial charge on any atom is 0.0571 e. The van der Waals surface area contributed by atoms with Crippen LogP contribution in [0.1, 0.15) is 0 Å². The molecule has 0 saturated carbocycles. The van der Waals surface area contributed by atoms with E-state index in [2.05, 4.69) is 16.5 Å². The molecule has 0 amide bonds. The van der Waals surface area contributed by atoms with Gasteiger partial charge in [-0.2, -0.15) is 5.10 Å². The molecule has 2 aromatic heterocycles. The summed E-state index contributed by atoms with van der Waals surface area (Å²) in [6, 6.07) is 10.1. The Bertz CT molecular complexity index is 575. The predicted octanol–water partition coefficient (Wildman–Crippen LogP) is 2.32. The molecule has 0 aliphatic carbocycles. The summed E-state index contributed by atoms with van der Waals surface area (Å²) in [6.07, 6.45) is 7.92. The van der Waals surface area contributed by atoms with Crippen LogP contribution in [0.2, 0.25) is 0 Å². The minimum absolute atomic E-state index is 0. The Hall–Kier alpha value is -1.71. The van der Waals surface area contributed by atoms with Gasteiger partial charge in [-0.05, 0) is 17.5 Å². The molecule has 0 N–H and O–H groups in total. The third-order valence-corrected chi connectivity index (χ3v) is 2.31. The molecule has 1 aromatic carbocycles. The second-order valence-corrected chi connectivity index (χ2v) is 3.35. The number of benzene rings is 1. The van der Waals surface area contributed by atoms with Crippen molar-refractivity contribution in [2.24, 2.45) is 0 Å². The summed E-state index contributed by atoms with van der Waals surface area (Å²) in [5.41, 5.74) is 2.88. The summed E-state index contributed by atoms with van der Waals surface area (Å²) < 4.78 is 6.40. The van der Waals surface area contributed by atoms with Gasteiger partial charge in [0, 0.05) is 31.9 Å². The van der Waals surface area contributed by atoms with E-state index in [1.807, 2.05) is 36.5 Å². The van der Waals surface area contributed by atoms with Gasteiger partial charge in [0.1, 0.15) is 0 Å². The molecule has 0 bridgehead atoms. The Labute approximate surface area is 112 Å². The molecule has 0 spiro atoms. The van der Waals surface area contributed by atoms with Gasteiger partial charge >= 0.3 is 0 Å². The molecule has 17 heavy (non-hydrogen) atoms. The largest absolute Gasteiger partial charge is 0.471 e. The van der Waals surface area contributed by atoms with Crippen molar-refractivity contribution < 1.29 is 24.6 Å². The second kappa shape index (κ2) is 5.08. The molecule has 0 saturated heterocycles. The van der Waals surface area contributed by atoms with Gasteiger partial charge in [0.05, 0.1) is 6.20 Å². The van der Waals surface area contributed by atoms with Gasteiger partial charge in [0.15, 0.2) is 0 Å². The summed E-state index contributed by atoms with van der Waals surface area (Å²) in [5, 5.41) is 7.74. The van der Waals surface area contributed by atoms with Gasteiger partial charge in [-0.25, -0.2) is 5.16 Å². The van der Waals surface area contributed by atoms with Crippen LogP contribution in [-0.4, -0.2) is 14.9 Å². The Morgan fingerprint density at radius 3 is 2.65 bits per heavy atom. The van der Waals surface area contributed by atoms with Gasteiger partial charge in [-0.3, -0.25) is 4.68 Å². The van der Waals surface area contributed by atoms with Crippen LogP contribution in [0.25, 0.3) is 16.8 Å². The van der Waals surface area contributed by atoms with Gasteiger partial charge in [-0.15, -0.1) is 0 Å². The zero-order valence-electron chi connectivity index (χ0n) is 8.70. The van der Waals surface area contributed by atoms with Crippen LogP contribution in [-0.2, 0) is 20.1 Å². The second-order valence-electron chi connectivity index (χ2n) is 3.35. The number of hydrogen-bond acceptors (Lipinski definition) is 3. The number of nitrogens with zero attached hydrogens (tertiary/aromatic N) is 3. The van der Waals surface area contributed by atoms with Crippen molar-refractivity contribution in [2.75, 3.05) is 0 Å². The van der Waals surface area contributed by atoms with Crippen molar-refractivity contribution in [1.29, 1.82) is 0 Å². The van der Waals surface area contributed by atoms with Gasteiger partial charge in [0.2, 0.25) is 0 Å². The molecule has 0 aliphatic rings. The number of hydrogen-bond donors (Lipinski definition) is 0. The van der Waals surface area contributed by atoms with E-state index in [-0.39, 0.29) is 20.1 Å². The number of aromatic nitrogens is 3. The summed E-state index contributed by atoms with van der Waals surface area (Å²) >= 11 is 0. The smallest absolute Gasteiger partial charge is 0.0571 e. The summed E-state index contributed by atoms with van der Waals surface area (Å²) in [7, 11) is 0. The Kier molecular flexibility index (Phi) is 3.52. The van der Waals surface area contributed by atoms with Gasteiger partial charge < -0.3 is 4.52 Å².